The van der Waals surface area contributed by atoms with Crippen molar-refractivity contribution in [2.24, 2.45) is 0 Å². The van der Waals surface area contributed by atoms with E-state index in [0.29, 0.717) is 33.3 Å². The molecule has 4 nitrogen and oxygen atoms in total. The lowest BCUT2D eigenvalue weighted by atomic mass is 10.2. The van der Waals surface area contributed by atoms with Gasteiger partial charge in [0.05, 0.1) is 10.2 Å². The Bertz CT molecular complexity index is 918. The molecule has 0 unspecified atom stereocenters. The number of hydrogen-bond acceptors (Lipinski definition) is 3. The van der Waals surface area contributed by atoms with Gasteiger partial charge in [-0.3, -0.25) is 4.79 Å². The van der Waals surface area contributed by atoms with Crippen molar-refractivity contribution in [3.05, 3.63) is 87.9 Å². The number of benzene rings is 3. The Morgan fingerprint density at radius 1 is 0.926 bits per heavy atom. The average Bonchev–Trinajstić information content (AvgIpc) is 2.67. The second-order valence-corrected chi connectivity index (χ2v) is 6.97. The number of halogens is 2. The van der Waals surface area contributed by atoms with Gasteiger partial charge in [-0.25, -0.2) is 0 Å². The minimum absolute atomic E-state index is 0.132. The van der Waals surface area contributed by atoms with Crippen LogP contribution < -0.4 is 14.8 Å². The largest absolute Gasteiger partial charge is 0.487 e. The highest BCUT2D eigenvalue weighted by Crippen LogP contribution is 2.28. The number of nitrogens with one attached hydrogen (secondary N) is 1. The van der Waals surface area contributed by atoms with Crippen LogP contribution in [0, 0.1) is 0 Å². The minimum atomic E-state index is -0.285. The first-order valence-corrected chi connectivity index (χ1v) is 9.42. The van der Waals surface area contributed by atoms with E-state index >= 15 is 0 Å². The quantitative estimate of drug-likeness (QED) is 0.506. The van der Waals surface area contributed by atoms with E-state index in [1.54, 1.807) is 24.3 Å². The van der Waals surface area contributed by atoms with Crippen LogP contribution in [0.3, 0.4) is 0 Å². The summed E-state index contributed by atoms with van der Waals surface area (Å²) in [5.41, 5.74) is 1.65. The van der Waals surface area contributed by atoms with E-state index in [1.807, 2.05) is 48.5 Å². The molecule has 3 aromatic rings. The fourth-order valence-corrected chi connectivity index (χ4v) is 3.15. The molecular weight excluding hydrogens is 430 g/mol. The zero-order valence-corrected chi connectivity index (χ0v) is 16.7. The van der Waals surface area contributed by atoms with E-state index in [0.717, 1.165) is 5.56 Å². The molecule has 0 bridgehead atoms. The monoisotopic (exact) mass is 445 g/mol. The summed E-state index contributed by atoms with van der Waals surface area (Å²) in [6, 6.07) is 22.3. The van der Waals surface area contributed by atoms with Crippen molar-refractivity contribution < 1.29 is 14.3 Å². The van der Waals surface area contributed by atoms with Crippen molar-refractivity contribution in [1.29, 1.82) is 0 Å². The molecule has 0 aliphatic carbocycles. The number of carbonyl (C=O) groups is 1. The summed E-state index contributed by atoms with van der Waals surface area (Å²) in [6.45, 7) is 0.287. The van der Waals surface area contributed by atoms with Gasteiger partial charge in [-0.2, -0.15) is 0 Å². The van der Waals surface area contributed by atoms with Crippen LogP contribution in [-0.4, -0.2) is 12.5 Å². The molecule has 1 amide bonds. The van der Waals surface area contributed by atoms with Crippen LogP contribution >= 0.6 is 27.5 Å². The van der Waals surface area contributed by atoms with Gasteiger partial charge in [0.1, 0.15) is 18.1 Å². The molecular formula is C21H17BrClNO3. The molecule has 6 heteroatoms. The Morgan fingerprint density at radius 2 is 1.67 bits per heavy atom. The van der Waals surface area contributed by atoms with Crippen molar-refractivity contribution in [2.75, 3.05) is 11.9 Å². The first-order chi connectivity index (χ1) is 13.1. The lowest BCUT2D eigenvalue weighted by molar-refractivity contribution is -0.118. The summed E-state index contributed by atoms with van der Waals surface area (Å²) in [5, 5.41) is 3.40. The van der Waals surface area contributed by atoms with E-state index in [2.05, 4.69) is 21.2 Å². The Balaban J connectivity index is 1.59. The van der Waals surface area contributed by atoms with Crippen molar-refractivity contribution in [3.8, 4) is 11.5 Å². The molecule has 0 aromatic heterocycles. The summed E-state index contributed by atoms with van der Waals surface area (Å²) in [6.07, 6.45) is 0. The SMILES string of the molecule is O=C(COc1ccc(Cl)cc1Br)Nc1ccccc1OCc1ccccc1. The van der Waals surface area contributed by atoms with Gasteiger partial charge < -0.3 is 14.8 Å². The van der Waals surface area contributed by atoms with Crippen LogP contribution in [0.15, 0.2) is 77.3 Å². The lowest BCUT2D eigenvalue weighted by Crippen LogP contribution is -2.20. The maximum atomic E-state index is 12.3. The maximum absolute atomic E-state index is 12.3. The molecule has 1 N–H and O–H groups in total. The molecule has 0 spiro atoms. The summed E-state index contributed by atoms with van der Waals surface area (Å²) >= 11 is 9.26. The summed E-state index contributed by atoms with van der Waals surface area (Å²) < 4.78 is 12.1. The first kappa shape index (κ1) is 19.3. The average molecular weight is 447 g/mol. The topological polar surface area (TPSA) is 47.6 Å². The molecule has 3 rings (SSSR count). The van der Waals surface area contributed by atoms with Crippen molar-refractivity contribution >= 4 is 39.1 Å². The Labute approximate surface area is 171 Å². The standard InChI is InChI=1S/C21H17BrClNO3/c22-17-12-16(23)10-11-19(17)27-14-21(25)24-18-8-4-5-9-20(18)26-13-15-6-2-1-3-7-15/h1-12H,13-14H2,(H,24,25). The number of hydrogen-bond donors (Lipinski definition) is 1. The number of rotatable bonds is 7. The predicted octanol–water partition coefficient (Wildman–Crippen LogP) is 5.70. The number of carbonyl (C=O) groups excluding carboxylic acids is 1. The molecule has 138 valence electrons. The zero-order valence-electron chi connectivity index (χ0n) is 14.3. The molecule has 0 radical (unpaired) electrons. The Hall–Kier alpha value is -2.50. The van der Waals surface area contributed by atoms with E-state index < -0.39 is 0 Å². The molecule has 0 fully saturated rings. The fourth-order valence-electron chi connectivity index (χ4n) is 2.35. The normalized spacial score (nSPS) is 10.3. The molecule has 27 heavy (non-hydrogen) atoms. The van der Waals surface area contributed by atoms with E-state index in [4.69, 9.17) is 21.1 Å². The molecule has 0 saturated heterocycles. The van der Waals surface area contributed by atoms with Gasteiger partial charge in [0, 0.05) is 5.02 Å². The van der Waals surface area contributed by atoms with Gasteiger partial charge in [0.15, 0.2) is 6.61 Å². The van der Waals surface area contributed by atoms with Crippen molar-refractivity contribution in [3.63, 3.8) is 0 Å². The van der Waals surface area contributed by atoms with Crippen LogP contribution in [0.2, 0.25) is 5.02 Å². The van der Waals surface area contributed by atoms with E-state index in [9.17, 15) is 4.79 Å². The molecule has 0 atom stereocenters. The Kier molecular flexibility index (Phi) is 6.74. The summed E-state index contributed by atoms with van der Waals surface area (Å²) in [5.74, 6) is 0.859. The maximum Gasteiger partial charge on any atom is 0.262 e. The highest BCUT2D eigenvalue weighted by molar-refractivity contribution is 9.10. The van der Waals surface area contributed by atoms with Gasteiger partial charge >= 0.3 is 0 Å². The fraction of sp³-hybridized carbons (Fsp3) is 0.0952. The van der Waals surface area contributed by atoms with Crippen LogP contribution in [0.25, 0.3) is 0 Å². The van der Waals surface area contributed by atoms with Gasteiger partial charge in [-0.1, -0.05) is 54.1 Å². The van der Waals surface area contributed by atoms with E-state index in [1.165, 1.54) is 0 Å². The van der Waals surface area contributed by atoms with Crippen molar-refractivity contribution in [1.82, 2.24) is 0 Å². The molecule has 0 heterocycles. The number of amides is 1. The number of para-hydroxylation sites is 2. The molecule has 0 aliphatic rings. The third kappa shape index (κ3) is 5.74. The zero-order chi connectivity index (χ0) is 19.1. The van der Waals surface area contributed by atoms with Crippen LogP contribution in [0.4, 0.5) is 5.69 Å². The van der Waals surface area contributed by atoms with Gasteiger partial charge in [-0.15, -0.1) is 0 Å². The number of ether oxygens (including phenoxy) is 2. The second kappa shape index (κ2) is 9.44. The highest BCUT2D eigenvalue weighted by atomic mass is 79.9. The van der Waals surface area contributed by atoms with E-state index in [-0.39, 0.29) is 12.5 Å². The van der Waals surface area contributed by atoms with Crippen LogP contribution in [-0.2, 0) is 11.4 Å². The lowest BCUT2D eigenvalue weighted by Gasteiger charge is -2.13. The van der Waals surface area contributed by atoms with Gasteiger partial charge in [0.2, 0.25) is 0 Å². The third-order valence-corrected chi connectivity index (χ3v) is 4.51. The summed E-state index contributed by atoms with van der Waals surface area (Å²) in [7, 11) is 0. The van der Waals surface area contributed by atoms with Crippen LogP contribution in [0.1, 0.15) is 5.56 Å². The Morgan fingerprint density at radius 3 is 2.44 bits per heavy atom. The molecule has 3 aromatic carbocycles. The van der Waals surface area contributed by atoms with Gasteiger partial charge in [-0.05, 0) is 51.8 Å². The van der Waals surface area contributed by atoms with Gasteiger partial charge in [0.25, 0.3) is 5.91 Å². The molecule has 0 aliphatic heterocycles. The highest BCUT2D eigenvalue weighted by Gasteiger charge is 2.10. The smallest absolute Gasteiger partial charge is 0.262 e. The number of anilines is 1. The predicted molar refractivity (Wildman–Crippen MR) is 110 cm³/mol. The minimum Gasteiger partial charge on any atom is -0.487 e. The second-order valence-electron chi connectivity index (χ2n) is 5.68. The first-order valence-electron chi connectivity index (χ1n) is 8.25. The van der Waals surface area contributed by atoms with Crippen molar-refractivity contribution in [2.45, 2.75) is 6.61 Å². The summed E-state index contributed by atoms with van der Waals surface area (Å²) in [4.78, 5) is 12.3. The molecule has 0 saturated carbocycles. The van der Waals surface area contributed by atoms with Crippen LogP contribution in [0.5, 0.6) is 11.5 Å². The third-order valence-electron chi connectivity index (χ3n) is 3.65.